The van der Waals surface area contributed by atoms with E-state index in [4.69, 9.17) is 0 Å². The molecular weight excluding hydrogens is 294 g/mol. The summed E-state index contributed by atoms with van der Waals surface area (Å²) in [5.74, 6) is 0.462. The molecule has 0 bridgehead atoms. The summed E-state index contributed by atoms with van der Waals surface area (Å²) >= 11 is 1.33. The van der Waals surface area contributed by atoms with Gasteiger partial charge in [0.15, 0.2) is 0 Å². The fourth-order valence-corrected chi connectivity index (χ4v) is 3.67. The molecule has 0 saturated carbocycles. The molecule has 116 valence electrons. The Morgan fingerprint density at radius 2 is 2.14 bits per heavy atom. The number of hydrogen-bond donors (Lipinski definition) is 1. The average molecular weight is 315 g/mol. The van der Waals surface area contributed by atoms with E-state index in [9.17, 15) is 4.79 Å². The quantitative estimate of drug-likeness (QED) is 0.943. The summed E-state index contributed by atoms with van der Waals surface area (Å²) in [6, 6.07) is 10.7. The normalized spacial score (nSPS) is 21.9. The minimum Gasteiger partial charge on any atom is -0.348 e. The van der Waals surface area contributed by atoms with Crippen LogP contribution in [0.15, 0.2) is 35.7 Å². The minimum atomic E-state index is 0.00432. The van der Waals surface area contributed by atoms with Gasteiger partial charge in [-0.1, -0.05) is 37.3 Å². The number of nitrogens with zero attached hydrogens (tertiary/aromatic N) is 2. The van der Waals surface area contributed by atoms with Crippen molar-refractivity contribution >= 4 is 17.4 Å². The first kappa shape index (κ1) is 15.2. The highest BCUT2D eigenvalue weighted by atomic mass is 32.1. The summed E-state index contributed by atoms with van der Waals surface area (Å²) in [5.41, 5.74) is 2.84. The number of aryl methyl sites for hydroxylation is 1. The van der Waals surface area contributed by atoms with Crippen molar-refractivity contribution in [3.63, 3.8) is 0 Å². The Kier molecular flexibility index (Phi) is 4.55. The summed E-state index contributed by atoms with van der Waals surface area (Å²) in [7, 11) is 0. The van der Waals surface area contributed by atoms with Gasteiger partial charge in [-0.05, 0) is 29.9 Å². The second-order valence-electron chi connectivity index (χ2n) is 6.05. The van der Waals surface area contributed by atoms with Crippen molar-refractivity contribution in [1.82, 2.24) is 14.6 Å². The highest BCUT2D eigenvalue weighted by Crippen LogP contribution is 2.20. The van der Waals surface area contributed by atoms with Crippen LogP contribution in [0, 0.1) is 12.8 Å². The van der Waals surface area contributed by atoms with Gasteiger partial charge in [0.25, 0.3) is 5.91 Å². The van der Waals surface area contributed by atoms with Crippen LogP contribution >= 0.6 is 11.5 Å². The third kappa shape index (κ3) is 3.36. The molecular formula is C17H21N3OS. The zero-order chi connectivity index (χ0) is 15.5. The molecule has 1 N–H and O–H groups in total. The molecule has 1 aromatic heterocycles. The van der Waals surface area contributed by atoms with Crippen LogP contribution in [0.1, 0.15) is 28.5 Å². The number of carbonyl (C=O) groups is 1. The van der Waals surface area contributed by atoms with Crippen molar-refractivity contribution in [2.45, 2.75) is 26.4 Å². The molecule has 22 heavy (non-hydrogen) atoms. The maximum absolute atomic E-state index is 12.3. The van der Waals surface area contributed by atoms with Gasteiger partial charge in [0.05, 0.1) is 11.3 Å². The first-order chi connectivity index (χ1) is 10.6. The molecule has 1 saturated heterocycles. The third-order valence-electron chi connectivity index (χ3n) is 4.25. The van der Waals surface area contributed by atoms with Crippen molar-refractivity contribution in [2.75, 3.05) is 13.1 Å². The van der Waals surface area contributed by atoms with E-state index < -0.39 is 0 Å². The lowest BCUT2D eigenvalue weighted by Crippen LogP contribution is -2.39. The van der Waals surface area contributed by atoms with Gasteiger partial charge >= 0.3 is 0 Å². The van der Waals surface area contributed by atoms with E-state index in [1.807, 2.05) is 18.4 Å². The van der Waals surface area contributed by atoms with Crippen molar-refractivity contribution < 1.29 is 4.79 Å². The molecule has 3 rings (SSSR count). The smallest absolute Gasteiger partial charge is 0.254 e. The summed E-state index contributed by atoms with van der Waals surface area (Å²) in [5, 5.41) is 5.00. The van der Waals surface area contributed by atoms with E-state index >= 15 is 0 Å². The number of aromatic nitrogens is 1. The Labute approximate surface area is 135 Å². The number of nitrogens with one attached hydrogen (secondary N) is 1. The number of hydrogen-bond acceptors (Lipinski definition) is 4. The van der Waals surface area contributed by atoms with E-state index in [0.29, 0.717) is 11.5 Å². The standard InChI is InChI=1S/C17H21N3OS/c1-12-8-20(9-14-6-4-3-5-7-14)10-16(12)18-17(21)15-11-22-19-13(15)2/h3-7,11-12,16H,8-10H2,1-2H3,(H,18,21)/t12-,16-/m0/s1. The number of benzene rings is 1. The molecule has 0 unspecified atom stereocenters. The Bertz CT molecular complexity index is 640. The SMILES string of the molecule is Cc1nscc1C(=O)N[C@H]1CN(Cc2ccccc2)C[C@@H]1C. The van der Waals surface area contributed by atoms with Gasteiger partial charge in [0.1, 0.15) is 0 Å². The molecule has 2 heterocycles. The van der Waals surface area contributed by atoms with Crippen molar-refractivity contribution in [3.8, 4) is 0 Å². The van der Waals surface area contributed by atoms with Crippen LogP contribution in [0.3, 0.4) is 0 Å². The monoisotopic (exact) mass is 315 g/mol. The number of likely N-dealkylation sites (tertiary alicyclic amines) is 1. The molecule has 1 aliphatic heterocycles. The fourth-order valence-electron chi connectivity index (χ4n) is 2.98. The summed E-state index contributed by atoms with van der Waals surface area (Å²) < 4.78 is 4.17. The zero-order valence-corrected chi connectivity index (χ0v) is 13.8. The lowest BCUT2D eigenvalue weighted by atomic mass is 10.1. The molecule has 1 fully saturated rings. The van der Waals surface area contributed by atoms with Crippen molar-refractivity contribution in [1.29, 1.82) is 0 Å². The van der Waals surface area contributed by atoms with Crippen LogP contribution in [-0.2, 0) is 6.54 Å². The van der Waals surface area contributed by atoms with Crippen molar-refractivity contribution in [3.05, 3.63) is 52.5 Å². The van der Waals surface area contributed by atoms with Crippen LogP contribution in [0.5, 0.6) is 0 Å². The Morgan fingerprint density at radius 1 is 1.36 bits per heavy atom. The minimum absolute atomic E-state index is 0.00432. The average Bonchev–Trinajstić information content (AvgIpc) is 3.06. The molecule has 0 radical (unpaired) electrons. The Hall–Kier alpha value is -1.72. The molecule has 2 atom stereocenters. The number of amides is 1. The molecule has 4 nitrogen and oxygen atoms in total. The lowest BCUT2D eigenvalue weighted by Gasteiger charge is -2.17. The predicted molar refractivity (Wildman–Crippen MR) is 89.0 cm³/mol. The maximum Gasteiger partial charge on any atom is 0.254 e. The topological polar surface area (TPSA) is 45.2 Å². The van der Waals surface area contributed by atoms with Crippen molar-refractivity contribution in [2.24, 2.45) is 5.92 Å². The van der Waals surface area contributed by atoms with E-state index in [0.717, 1.165) is 25.3 Å². The zero-order valence-electron chi connectivity index (χ0n) is 13.0. The molecule has 0 aliphatic carbocycles. The molecule has 5 heteroatoms. The molecule has 1 amide bonds. The lowest BCUT2D eigenvalue weighted by molar-refractivity contribution is 0.0931. The van der Waals surface area contributed by atoms with Crippen LogP contribution in [0.2, 0.25) is 0 Å². The Balaban J connectivity index is 1.59. The van der Waals surface area contributed by atoms with Gasteiger partial charge in [-0.25, -0.2) is 0 Å². The largest absolute Gasteiger partial charge is 0.348 e. The van der Waals surface area contributed by atoms with Gasteiger partial charge in [-0.3, -0.25) is 9.69 Å². The summed E-state index contributed by atoms with van der Waals surface area (Å²) in [6.45, 7) is 6.94. The first-order valence-corrected chi connectivity index (χ1v) is 8.45. The highest BCUT2D eigenvalue weighted by Gasteiger charge is 2.31. The highest BCUT2D eigenvalue weighted by molar-refractivity contribution is 7.03. The first-order valence-electron chi connectivity index (χ1n) is 7.61. The summed E-state index contributed by atoms with van der Waals surface area (Å²) in [6.07, 6.45) is 0. The fraction of sp³-hybridized carbons (Fsp3) is 0.412. The van der Waals surface area contributed by atoms with Gasteiger partial charge < -0.3 is 5.32 Å². The van der Waals surface area contributed by atoms with E-state index in [-0.39, 0.29) is 11.9 Å². The number of carbonyl (C=O) groups excluding carboxylic acids is 1. The number of rotatable bonds is 4. The van der Waals surface area contributed by atoms with Crippen LogP contribution in [0.4, 0.5) is 0 Å². The van der Waals surface area contributed by atoms with E-state index in [1.165, 1.54) is 17.1 Å². The van der Waals surface area contributed by atoms with Crippen LogP contribution in [-0.4, -0.2) is 34.3 Å². The van der Waals surface area contributed by atoms with E-state index in [1.54, 1.807) is 0 Å². The Morgan fingerprint density at radius 3 is 2.82 bits per heavy atom. The van der Waals surface area contributed by atoms with Crippen LogP contribution < -0.4 is 5.32 Å². The molecule has 0 spiro atoms. The van der Waals surface area contributed by atoms with Gasteiger partial charge in [0.2, 0.25) is 0 Å². The maximum atomic E-state index is 12.3. The third-order valence-corrected chi connectivity index (χ3v) is 4.97. The second kappa shape index (κ2) is 6.58. The predicted octanol–water partition coefficient (Wildman–Crippen LogP) is 2.70. The summed E-state index contributed by atoms with van der Waals surface area (Å²) in [4.78, 5) is 14.7. The van der Waals surface area contributed by atoms with Gasteiger partial charge in [-0.2, -0.15) is 4.37 Å². The molecule has 2 aromatic rings. The molecule has 1 aliphatic rings. The van der Waals surface area contributed by atoms with Gasteiger partial charge in [-0.15, -0.1) is 0 Å². The van der Waals surface area contributed by atoms with Crippen LogP contribution in [0.25, 0.3) is 0 Å². The second-order valence-corrected chi connectivity index (χ2v) is 6.68. The molecule has 1 aromatic carbocycles. The van der Waals surface area contributed by atoms with Gasteiger partial charge in [0, 0.05) is 31.1 Å². The van der Waals surface area contributed by atoms with E-state index in [2.05, 4.69) is 45.8 Å².